The summed E-state index contributed by atoms with van der Waals surface area (Å²) in [5.41, 5.74) is 1.10. The molecular weight excluding hydrogens is 416 g/mol. The second-order valence-electron chi connectivity index (χ2n) is 7.65. The lowest BCUT2D eigenvalue weighted by Crippen LogP contribution is -2.32. The molecule has 1 fully saturated rings. The fourth-order valence-electron chi connectivity index (χ4n) is 3.71. The van der Waals surface area contributed by atoms with E-state index in [4.69, 9.17) is 9.47 Å². The van der Waals surface area contributed by atoms with Gasteiger partial charge in [-0.15, -0.1) is 0 Å². The summed E-state index contributed by atoms with van der Waals surface area (Å²) in [7, 11) is -0.614. The van der Waals surface area contributed by atoms with Gasteiger partial charge in [0.25, 0.3) is 5.91 Å². The van der Waals surface area contributed by atoms with E-state index in [0.717, 1.165) is 37.0 Å². The Balaban J connectivity index is 1.84. The van der Waals surface area contributed by atoms with E-state index in [1.54, 1.807) is 7.11 Å². The first-order valence-corrected chi connectivity index (χ1v) is 11.9. The molecule has 2 aromatic rings. The first kappa shape index (κ1) is 23.1. The van der Waals surface area contributed by atoms with Crippen LogP contribution in [0.25, 0.3) is 0 Å². The summed E-state index contributed by atoms with van der Waals surface area (Å²) in [6.45, 7) is 2.87. The van der Waals surface area contributed by atoms with E-state index in [1.165, 1.54) is 29.6 Å². The molecule has 0 bridgehead atoms. The van der Waals surface area contributed by atoms with Crippen molar-refractivity contribution in [3.63, 3.8) is 0 Å². The van der Waals surface area contributed by atoms with Gasteiger partial charge in [0.2, 0.25) is 10.0 Å². The highest BCUT2D eigenvalue weighted by atomic mass is 32.2. The third-order valence-corrected chi connectivity index (χ3v) is 7.48. The van der Waals surface area contributed by atoms with Gasteiger partial charge in [-0.05, 0) is 55.7 Å². The molecule has 0 radical (unpaired) electrons. The number of nitrogens with one attached hydrogen (secondary N) is 1. The number of amides is 1. The third-order valence-electron chi connectivity index (χ3n) is 5.58. The average molecular weight is 447 g/mol. The van der Waals surface area contributed by atoms with Crippen LogP contribution in [0.5, 0.6) is 11.5 Å². The number of sulfonamides is 1. The monoisotopic (exact) mass is 446 g/mol. The number of ether oxygens (including phenoxy) is 2. The van der Waals surface area contributed by atoms with Crippen LogP contribution in [0.1, 0.15) is 54.6 Å². The molecule has 1 aliphatic rings. The Morgan fingerprint density at radius 2 is 1.61 bits per heavy atom. The predicted molar refractivity (Wildman–Crippen MR) is 119 cm³/mol. The van der Waals surface area contributed by atoms with Crippen LogP contribution in [0, 0.1) is 0 Å². The zero-order chi connectivity index (χ0) is 22.4. The normalized spacial score (nSPS) is 16.2. The Morgan fingerprint density at radius 1 is 0.968 bits per heavy atom. The Hall–Kier alpha value is -2.58. The van der Waals surface area contributed by atoms with Gasteiger partial charge >= 0.3 is 0 Å². The summed E-state index contributed by atoms with van der Waals surface area (Å²) in [4.78, 5) is 13.1. The summed E-state index contributed by atoms with van der Waals surface area (Å²) in [5.74, 6) is 0.665. The molecule has 1 N–H and O–H groups in total. The maximum Gasteiger partial charge on any atom is 0.255 e. The van der Waals surface area contributed by atoms with Gasteiger partial charge in [-0.1, -0.05) is 25.0 Å². The minimum Gasteiger partial charge on any atom is -0.497 e. The molecular formula is C23H30N2O5S. The fraction of sp³-hybridized carbons (Fsp3) is 0.435. The van der Waals surface area contributed by atoms with Crippen LogP contribution in [0.4, 0.5) is 0 Å². The lowest BCUT2D eigenvalue weighted by atomic mass is 10.1. The Bertz CT molecular complexity index is 997. The zero-order valence-electron chi connectivity index (χ0n) is 18.3. The van der Waals surface area contributed by atoms with E-state index in [-0.39, 0.29) is 16.5 Å². The third kappa shape index (κ3) is 5.37. The number of carbonyl (C=O) groups is 1. The highest BCUT2D eigenvalue weighted by molar-refractivity contribution is 7.89. The van der Waals surface area contributed by atoms with E-state index in [9.17, 15) is 13.2 Å². The predicted octanol–water partition coefficient (Wildman–Crippen LogP) is 3.76. The molecule has 168 valence electrons. The second-order valence-corrected chi connectivity index (χ2v) is 9.59. The van der Waals surface area contributed by atoms with Gasteiger partial charge in [0.05, 0.1) is 30.7 Å². The summed E-state index contributed by atoms with van der Waals surface area (Å²) in [6.07, 6.45) is 3.77. The van der Waals surface area contributed by atoms with Crippen LogP contribution in [-0.2, 0) is 10.0 Å². The highest BCUT2D eigenvalue weighted by Gasteiger charge is 2.27. The molecule has 2 aromatic carbocycles. The number of rotatable bonds is 7. The molecule has 0 aromatic heterocycles. The molecule has 0 unspecified atom stereocenters. The molecule has 1 heterocycles. The molecule has 1 aliphatic heterocycles. The smallest absolute Gasteiger partial charge is 0.255 e. The van der Waals surface area contributed by atoms with Gasteiger partial charge in [0.1, 0.15) is 11.5 Å². The Labute approximate surface area is 184 Å². The molecule has 7 nitrogen and oxygen atoms in total. The molecule has 0 spiro atoms. The first-order valence-electron chi connectivity index (χ1n) is 10.5. The lowest BCUT2D eigenvalue weighted by Gasteiger charge is -2.21. The standard InChI is InChI=1S/C23H30N2O5S/c1-17(18-8-10-19(29-2)11-9-18)24-23(26)21-16-20(12-13-22(21)30-3)31(27,28)25-14-6-4-5-7-15-25/h8-13,16-17H,4-7,14-15H2,1-3H3,(H,24,26)/t17-/m1/s1. The molecule has 0 aliphatic carbocycles. The van der Waals surface area contributed by atoms with Gasteiger partial charge in [-0.2, -0.15) is 4.31 Å². The number of hydrogen-bond donors (Lipinski definition) is 1. The molecule has 3 rings (SSSR count). The van der Waals surface area contributed by atoms with Crippen molar-refractivity contribution in [2.75, 3.05) is 27.3 Å². The number of carbonyl (C=O) groups excluding carboxylic acids is 1. The summed E-state index contributed by atoms with van der Waals surface area (Å²) in [6, 6.07) is 11.6. The summed E-state index contributed by atoms with van der Waals surface area (Å²) >= 11 is 0. The van der Waals surface area contributed by atoms with Crippen molar-refractivity contribution in [3.8, 4) is 11.5 Å². The quantitative estimate of drug-likeness (QED) is 0.700. The zero-order valence-corrected chi connectivity index (χ0v) is 19.1. The summed E-state index contributed by atoms with van der Waals surface area (Å²) in [5, 5.41) is 2.92. The maximum absolute atomic E-state index is 13.2. The van der Waals surface area contributed by atoms with E-state index >= 15 is 0 Å². The fourth-order valence-corrected chi connectivity index (χ4v) is 5.25. The van der Waals surface area contributed by atoms with Crippen LogP contribution >= 0.6 is 0 Å². The van der Waals surface area contributed by atoms with Crippen molar-refractivity contribution >= 4 is 15.9 Å². The minimum absolute atomic E-state index is 0.109. The van der Waals surface area contributed by atoms with Crippen LogP contribution < -0.4 is 14.8 Å². The van der Waals surface area contributed by atoms with Crippen molar-refractivity contribution in [1.82, 2.24) is 9.62 Å². The van der Waals surface area contributed by atoms with Crippen molar-refractivity contribution in [1.29, 1.82) is 0 Å². The lowest BCUT2D eigenvalue weighted by molar-refractivity contribution is 0.0936. The van der Waals surface area contributed by atoms with Gasteiger partial charge in [-0.25, -0.2) is 8.42 Å². The highest BCUT2D eigenvalue weighted by Crippen LogP contribution is 2.27. The van der Waals surface area contributed by atoms with Crippen molar-refractivity contribution in [3.05, 3.63) is 53.6 Å². The number of methoxy groups -OCH3 is 2. The first-order chi connectivity index (χ1) is 14.9. The molecule has 1 saturated heterocycles. The van der Waals surface area contributed by atoms with Gasteiger partial charge < -0.3 is 14.8 Å². The van der Waals surface area contributed by atoms with Crippen LogP contribution in [0.2, 0.25) is 0 Å². The van der Waals surface area contributed by atoms with Gasteiger partial charge in [0, 0.05) is 13.1 Å². The van der Waals surface area contributed by atoms with Crippen molar-refractivity contribution in [2.24, 2.45) is 0 Å². The van der Waals surface area contributed by atoms with Gasteiger partial charge in [0.15, 0.2) is 0 Å². The molecule has 1 amide bonds. The number of nitrogens with zero attached hydrogens (tertiary/aromatic N) is 1. The van der Waals surface area contributed by atoms with E-state index in [1.807, 2.05) is 31.2 Å². The van der Waals surface area contributed by atoms with E-state index < -0.39 is 15.9 Å². The van der Waals surface area contributed by atoms with Crippen LogP contribution in [0.15, 0.2) is 47.4 Å². The average Bonchev–Trinajstić information content (AvgIpc) is 3.09. The number of hydrogen-bond acceptors (Lipinski definition) is 5. The molecule has 1 atom stereocenters. The molecule has 8 heteroatoms. The Kier molecular flexibility index (Phi) is 7.56. The van der Waals surface area contributed by atoms with Crippen molar-refractivity contribution in [2.45, 2.75) is 43.5 Å². The van der Waals surface area contributed by atoms with E-state index in [2.05, 4.69) is 5.32 Å². The largest absolute Gasteiger partial charge is 0.497 e. The SMILES string of the molecule is COc1ccc([C@@H](C)NC(=O)c2cc(S(=O)(=O)N3CCCCCC3)ccc2OC)cc1. The van der Waals surface area contributed by atoms with E-state index in [0.29, 0.717) is 18.8 Å². The topological polar surface area (TPSA) is 84.9 Å². The molecule has 31 heavy (non-hydrogen) atoms. The second kappa shape index (κ2) is 10.2. The molecule has 0 saturated carbocycles. The number of benzene rings is 2. The summed E-state index contributed by atoms with van der Waals surface area (Å²) < 4.78 is 38.3. The van der Waals surface area contributed by atoms with Gasteiger partial charge in [-0.3, -0.25) is 4.79 Å². The van der Waals surface area contributed by atoms with Crippen molar-refractivity contribution < 1.29 is 22.7 Å². The van der Waals surface area contributed by atoms with Crippen LogP contribution in [-0.4, -0.2) is 45.9 Å². The maximum atomic E-state index is 13.2. The Morgan fingerprint density at radius 3 is 2.19 bits per heavy atom. The van der Waals surface area contributed by atoms with Crippen LogP contribution in [0.3, 0.4) is 0 Å². The minimum atomic E-state index is -3.67.